The molecule has 6 atom stereocenters. The molecule has 0 radical (unpaired) electrons. The molecule has 15 nitrogen and oxygen atoms in total. The molecule has 0 spiro atoms. The van der Waals surface area contributed by atoms with Gasteiger partial charge in [-0.3, -0.25) is 0 Å². The second-order valence-corrected chi connectivity index (χ2v) is 35.0. The molecule has 9 heterocycles. The maximum Gasteiger partial charge on any atom is 0.158 e. The number of para-hydroxylation sites is 14. The Bertz CT molecular complexity index is 6300. The van der Waals surface area contributed by atoms with Crippen LogP contribution in [0.3, 0.4) is 0 Å². The van der Waals surface area contributed by atoms with E-state index in [9.17, 15) is 0 Å². The molecule has 0 aliphatic carbocycles. The zero-order valence-corrected chi connectivity index (χ0v) is 78.6. The van der Waals surface area contributed by atoms with Crippen molar-refractivity contribution in [1.82, 2.24) is 15.0 Å². The second-order valence-electron chi connectivity index (χ2n) is 35.0. The van der Waals surface area contributed by atoms with E-state index in [1.54, 1.807) is 0 Å². The van der Waals surface area contributed by atoms with Crippen molar-refractivity contribution >= 4 is 120 Å². The molecule has 6 aliphatic rings. The minimum atomic E-state index is 0.158. The van der Waals surface area contributed by atoms with E-state index in [4.69, 9.17) is 4.98 Å². The van der Waals surface area contributed by atoms with Gasteiger partial charge in [0.1, 0.15) is 37.0 Å². The van der Waals surface area contributed by atoms with Crippen LogP contribution in [0.5, 0.6) is 0 Å². The highest BCUT2D eigenvalue weighted by atomic mass is 15.5. The molecule has 3 aromatic heterocycles. The zero-order valence-electron chi connectivity index (χ0n) is 78.6. The van der Waals surface area contributed by atoms with Crippen molar-refractivity contribution in [2.45, 2.75) is 168 Å². The fourth-order valence-electron chi connectivity index (χ4n) is 19.8. The summed E-state index contributed by atoms with van der Waals surface area (Å²) in [4.78, 5) is 42.6. The van der Waals surface area contributed by atoms with Gasteiger partial charge in [-0.25, -0.2) is 15.0 Å². The number of anilines is 21. The Morgan fingerprint density at radius 1 is 0.209 bits per heavy atom. The standard InChI is InChI=1S/C23H24N2.C22H23N3.C20H19N3.C17H21N3.2C16H18N2/c1-16-13-17(2)15-20(14-16)24-19(4)25(21-10-6-5-9-18(21)3)23-12-8-7-11-22(23)24;1-15-9-5-6-12-19(15)25-18(4)24(20-13-8-14-23-22(20)25)21-16(2)10-7-11-17(21)3;1-15-9-6-7-12-18(15)23-16(2)22(17-10-4-3-5-11-17)19-13-8-14-21-20(19)23;1-12(2)19-14(4)20(15-9-6-5-8-13(15)3)17-16(19)10-7-11-18-17;2*1-12-8-4-5-9-14(12)18-13(2)17(3)15-10-6-7-11-16(15)18/h5-15,19H,1-4H3;5-14,18H,1-4H3;3-14,16H,1-2H3;5-12,14H,1-4H3;2*4-11,13H,1-3H3/t19-;18-;16-;14-;2*13-/m111111/s1. The molecule has 6 aliphatic heterocycles. The van der Waals surface area contributed by atoms with Crippen molar-refractivity contribution < 1.29 is 0 Å². The molecule has 129 heavy (non-hydrogen) atoms. The lowest BCUT2D eigenvalue weighted by Crippen LogP contribution is -2.42. The Morgan fingerprint density at radius 2 is 0.465 bits per heavy atom. The molecule has 0 unspecified atom stereocenters. The average molecular weight is 1700 g/mol. The number of rotatable bonds is 10. The highest BCUT2D eigenvalue weighted by Crippen LogP contribution is 2.54. The molecule has 0 saturated heterocycles. The molecule has 0 amide bonds. The summed E-state index contributed by atoms with van der Waals surface area (Å²) >= 11 is 0. The molecular formula is C114H123N15. The number of nitrogens with zero attached hydrogens (tertiary/aromatic N) is 15. The molecule has 21 rings (SSSR count). The highest BCUT2D eigenvalue weighted by Gasteiger charge is 2.42. The van der Waals surface area contributed by atoms with Gasteiger partial charge in [0.2, 0.25) is 0 Å². The van der Waals surface area contributed by atoms with Crippen LogP contribution in [-0.4, -0.2) is 72.1 Å². The first-order chi connectivity index (χ1) is 62.4. The van der Waals surface area contributed by atoms with E-state index in [0.29, 0.717) is 18.4 Å². The van der Waals surface area contributed by atoms with Crippen LogP contribution >= 0.6 is 0 Å². The second kappa shape index (κ2) is 38.1. The minimum Gasteiger partial charge on any atom is -0.353 e. The summed E-state index contributed by atoms with van der Waals surface area (Å²) in [5, 5.41) is 0. The number of fused-ring (bicyclic) bond motifs is 6. The van der Waals surface area contributed by atoms with E-state index in [1.165, 1.54) is 147 Å². The molecule has 0 N–H and O–H groups in total. The van der Waals surface area contributed by atoms with E-state index >= 15 is 0 Å². The summed E-state index contributed by atoms with van der Waals surface area (Å²) in [6.45, 7) is 39.6. The number of hydrogen-bond donors (Lipinski definition) is 0. The van der Waals surface area contributed by atoms with Gasteiger partial charge in [0.25, 0.3) is 0 Å². The third-order valence-corrected chi connectivity index (χ3v) is 26.1. The fraction of sp³-hybridized carbons (Fsp3) is 0.237. The normalized spacial score (nSPS) is 17.0. The van der Waals surface area contributed by atoms with Crippen LogP contribution in [0.25, 0.3) is 0 Å². The molecule has 12 aromatic carbocycles. The third-order valence-electron chi connectivity index (χ3n) is 26.1. The van der Waals surface area contributed by atoms with Gasteiger partial charge in [-0.2, -0.15) is 0 Å². The van der Waals surface area contributed by atoms with Gasteiger partial charge in [-0.15, -0.1) is 0 Å². The van der Waals surface area contributed by atoms with Crippen molar-refractivity contribution in [2.75, 3.05) is 72.9 Å². The molecule has 0 saturated carbocycles. The smallest absolute Gasteiger partial charge is 0.158 e. The van der Waals surface area contributed by atoms with Crippen molar-refractivity contribution in [3.63, 3.8) is 0 Å². The number of aromatic nitrogens is 3. The van der Waals surface area contributed by atoms with E-state index in [1.807, 2.05) is 42.9 Å². The van der Waals surface area contributed by atoms with Gasteiger partial charge < -0.3 is 58.8 Å². The lowest BCUT2D eigenvalue weighted by Gasteiger charge is -2.33. The molecule has 0 fully saturated rings. The predicted octanol–water partition coefficient (Wildman–Crippen LogP) is 28.9. The molecular weight excluding hydrogens is 1580 g/mol. The van der Waals surface area contributed by atoms with Gasteiger partial charge in [0.15, 0.2) is 17.5 Å². The van der Waals surface area contributed by atoms with E-state index in [0.717, 1.165) is 28.8 Å². The lowest BCUT2D eigenvalue weighted by molar-refractivity contribution is 0.606. The van der Waals surface area contributed by atoms with Crippen LogP contribution in [0.1, 0.15) is 111 Å². The van der Waals surface area contributed by atoms with Crippen molar-refractivity contribution in [2.24, 2.45) is 0 Å². The van der Waals surface area contributed by atoms with Gasteiger partial charge in [-0.1, -0.05) is 188 Å². The first kappa shape index (κ1) is 88.1. The lowest BCUT2D eigenvalue weighted by atomic mass is 10.1. The molecule has 654 valence electrons. The quantitative estimate of drug-likeness (QED) is 0.130. The minimum absolute atomic E-state index is 0.158. The van der Waals surface area contributed by atoms with Gasteiger partial charge in [0.05, 0.1) is 51.2 Å². The van der Waals surface area contributed by atoms with Crippen LogP contribution in [0, 0.1) is 69.2 Å². The van der Waals surface area contributed by atoms with Crippen LogP contribution < -0.4 is 58.8 Å². The van der Waals surface area contributed by atoms with Crippen molar-refractivity contribution in [3.05, 3.63) is 396 Å². The Morgan fingerprint density at radius 3 is 0.837 bits per heavy atom. The number of aryl methyl sites for hydroxylation is 10. The average Bonchev–Trinajstić information content (AvgIpc) is 1.60. The summed E-state index contributed by atoms with van der Waals surface area (Å²) in [6, 6.07) is 114. The summed E-state index contributed by atoms with van der Waals surface area (Å²) in [5.41, 5.74) is 35.4. The first-order valence-electron chi connectivity index (χ1n) is 45.5. The van der Waals surface area contributed by atoms with Gasteiger partial charge in [0, 0.05) is 89.9 Å². The van der Waals surface area contributed by atoms with Crippen LogP contribution in [0.15, 0.2) is 340 Å². The zero-order chi connectivity index (χ0) is 90.6. The molecule has 0 bridgehead atoms. The number of hydrogen-bond acceptors (Lipinski definition) is 15. The summed E-state index contributed by atoms with van der Waals surface area (Å²) in [6.07, 6.45) is 7.15. The van der Waals surface area contributed by atoms with E-state index in [-0.39, 0.29) is 24.7 Å². The number of pyridine rings is 3. The molecule has 15 heteroatoms. The van der Waals surface area contributed by atoms with Crippen LogP contribution in [0.4, 0.5) is 120 Å². The molecule has 15 aromatic rings. The Hall–Kier alpha value is -14.3. The van der Waals surface area contributed by atoms with Crippen molar-refractivity contribution in [3.8, 4) is 0 Å². The Balaban J connectivity index is 0.000000114. The van der Waals surface area contributed by atoms with Crippen LogP contribution in [0.2, 0.25) is 0 Å². The third kappa shape index (κ3) is 17.1. The first-order valence-corrected chi connectivity index (χ1v) is 45.5. The fourth-order valence-corrected chi connectivity index (χ4v) is 19.8. The predicted molar refractivity (Wildman–Crippen MR) is 548 cm³/mol. The summed E-state index contributed by atoms with van der Waals surface area (Å²) in [7, 11) is 4.31. The maximum atomic E-state index is 4.73. The Kier molecular flexibility index (Phi) is 26.0. The van der Waals surface area contributed by atoms with E-state index < -0.39 is 0 Å². The number of benzene rings is 12. The topological polar surface area (TPSA) is 77.6 Å². The van der Waals surface area contributed by atoms with Crippen molar-refractivity contribution in [1.29, 1.82) is 0 Å². The van der Waals surface area contributed by atoms with Gasteiger partial charge >= 0.3 is 0 Å². The monoisotopic (exact) mass is 1700 g/mol. The summed E-state index contributed by atoms with van der Waals surface area (Å²) < 4.78 is 0. The highest BCUT2D eigenvalue weighted by molar-refractivity contribution is 5.93. The van der Waals surface area contributed by atoms with Gasteiger partial charge in [-0.05, 0) is 314 Å². The maximum absolute atomic E-state index is 4.73. The largest absolute Gasteiger partial charge is 0.353 e. The summed E-state index contributed by atoms with van der Waals surface area (Å²) in [5.74, 6) is 3.09. The Labute approximate surface area is 766 Å². The SMILES string of the molecule is Cc1cc(C)cc(N2c3ccccc3N(c3ccccc3C)[C@@H]2C)c1.Cc1ccccc1N1c2ccccc2N(C)[C@H]1C.Cc1ccccc1N1c2ccccc2N(C)[C@H]1C.Cc1ccccc1N1c2ncccc2N(C(C)C)[C@H]1C.Cc1ccccc1N1c2ncccc2N(c2c(C)cccc2C)[C@H]1C.Cc1ccccc1N1c2ncccc2N(c2ccccc2)[C@H]1C. The van der Waals surface area contributed by atoms with E-state index in [2.05, 4.69) is 505 Å². The van der Waals surface area contributed by atoms with Crippen LogP contribution in [-0.2, 0) is 0 Å².